The SMILES string of the molecule is c1ccc(-c2nnc(-c3ccccc3)n2-c2ccc(-n3c4ccccc4c4cc5ccc6c(ccn6-c6ccccc6)c5cc43)cc2)cc1. The van der Waals surface area contributed by atoms with Gasteiger partial charge >= 0.3 is 0 Å². The maximum absolute atomic E-state index is 4.67. The van der Waals surface area contributed by atoms with Gasteiger partial charge in [-0.05, 0) is 77.5 Å². The normalized spacial score (nSPS) is 11.7. The molecule has 0 saturated heterocycles. The summed E-state index contributed by atoms with van der Waals surface area (Å²) in [6.07, 6.45) is 2.18. The van der Waals surface area contributed by atoms with Gasteiger partial charge in [0.25, 0.3) is 0 Å². The van der Waals surface area contributed by atoms with Crippen LogP contribution in [0.2, 0.25) is 0 Å². The Morgan fingerprint density at radius 1 is 0.347 bits per heavy atom. The Morgan fingerprint density at radius 2 is 0.918 bits per heavy atom. The van der Waals surface area contributed by atoms with Gasteiger partial charge in [0.05, 0.1) is 16.6 Å². The van der Waals surface area contributed by atoms with Crippen LogP contribution in [0.5, 0.6) is 0 Å². The van der Waals surface area contributed by atoms with E-state index in [-0.39, 0.29) is 0 Å². The number of hydrogen-bond donors (Lipinski definition) is 0. The summed E-state index contributed by atoms with van der Waals surface area (Å²) in [6, 6.07) is 60.0. The minimum Gasteiger partial charge on any atom is -0.317 e. The molecular formula is C44H29N5. The van der Waals surface area contributed by atoms with Crippen LogP contribution in [0.1, 0.15) is 0 Å². The first-order valence-corrected chi connectivity index (χ1v) is 16.5. The molecule has 0 saturated carbocycles. The summed E-state index contributed by atoms with van der Waals surface area (Å²) < 4.78 is 6.82. The third-order valence-electron chi connectivity index (χ3n) is 9.61. The summed E-state index contributed by atoms with van der Waals surface area (Å²) in [5.41, 5.74) is 8.85. The first kappa shape index (κ1) is 27.4. The lowest BCUT2D eigenvalue weighted by atomic mass is 10.0. The average Bonchev–Trinajstić information content (AvgIpc) is 3.90. The molecule has 0 aliphatic heterocycles. The van der Waals surface area contributed by atoms with E-state index in [1.807, 2.05) is 36.4 Å². The van der Waals surface area contributed by atoms with Crippen molar-refractivity contribution in [3.63, 3.8) is 0 Å². The highest BCUT2D eigenvalue weighted by atomic mass is 15.3. The Hall–Kier alpha value is -6.72. The van der Waals surface area contributed by atoms with E-state index in [0.717, 1.165) is 39.8 Å². The third-order valence-corrected chi connectivity index (χ3v) is 9.61. The van der Waals surface area contributed by atoms with Gasteiger partial charge in [-0.25, -0.2) is 0 Å². The van der Waals surface area contributed by atoms with Gasteiger partial charge < -0.3 is 9.13 Å². The molecule has 0 aliphatic carbocycles. The number of rotatable bonds is 5. The number of benzene rings is 7. The summed E-state index contributed by atoms with van der Waals surface area (Å²) >= 11 is 0. The van der Waals surface area contributed by atoms with E-state index in [2.05, 4.69) is 164 Å². The van der Waals surface area contributed by atoms with E-state index in [1.54, 1.807) is 0 Å². The highest BCUT2D eigenvalue weighted by Gasteiger charge is 2.19. The van der Waals surface area contributed by atoms with Gasteiger partial charge in [-0.1, -0.05) is 103 Å². The largest absolute Gasteiger partial charge is 0.317 e. The van der Waals surface area contributed by atoms with Crippen LogP contribution in [0.25, 0.3) is 83.3 Å². The van der Waals surface area contributed by atoms with Crippen LogP contribution in [0, 0.1) is 0 Å². The van der Waals surface area contributed by atoms with E-state index in [1.165, 1.54) is 43.5 Å². The Balaban J connectivity index is 1.16. The molecule has 0 N–H and O–H groups in total. The maximum Gasteiger partial charge on any atom is 0.168 e. The summed E-state index contributed by atoms with van der Waals surface area (Å²) in [7, 11) is 0. The van der Waals surface area contributed by atoms with Gasteiger partial charge in [-0.3, -0.25) is 4.57 Å². The molecule has 10 rings (SSSR count). The molecular weight excluding hydrogens is 599 g/mol. The first-order valence-electron chi connectivity index (χ1n) is 16.5. The fourth-order valence-corrected chi connectivity index (χ4v) is 7.33. The second-order valence-electron chi connectivity index (χ2n) is 12.4. The summed E-state index contributed by atoms with van der Waals surface area (Å²) in [4.78, 5) is 0. The molecule has 0 aliphatic rings. The van der Waals surface area contributed by atoms with Crippen molar-refractivity contribution in [3.05, 3.63) is 176 Å². The Bertz CT molecular complexity index is 2730. The number of para-hydroxylation sites is 2. The molecule has 3 aromatic heterocycles. The van der Waals surface area contributed by atoms with Crippen LogP contribution in [0.3, 0.4) is 0 Å². The molecule has 0 atom stereocenters. The molecule has 0 amide bonds. The molecule has 230 valence electrons. The van der Waals surface area contributed by atoms with Crippen LogP contribution in [-0.4, -0.2) is 23.9 Å². The fraction of sp³-hybridized carbons (Fsp3) is 0. The molecule has 0 spiro atoms. The molecule has 0 bridgehead atoms. The highest BCUT2D eigenvalue weighted by molar-refractivity contribution is 6.18. The van der Waals surface area contributed by atoms with Gasteiger partial charge in [0.2, 0.25) is 0 Å². The number of hydrogen-bond acceptors (Lipinski definition) is 2. The molecule has 5 nitrogen and oxygen atoms in total. The lowest BCUT2D eigenvalue weighted by Gasteiger charge is -2.13. The molecule has 0 radical (unpaired) electrons. The highest BCUT2D eigenvalue weighted by Crippen LogP contribution is 2.38. The number of nitrogens with zero attached hydrogens (tertiary/aromatic N) is 5. The minimum atomic E-state index is 0.807. The van der Waals surface area contributed by atoms with Crippen molar-refractivity contribution in [3.8, 4) is 39.8 Å². The molecule has 10 aromatic rings. The Morgan fingerprint density at radius 3 is 1.59 bits per heavy atom. The van der Waals surface area contributed by atoms with Gasteiger partial charge in [-0.2, -0.15) is 0 Å². The van der Waals surface area contributed by atoms with Gasteiger partial charge in [0.1, 0.15) is 0 Å². The van der Waals surface area contributed by atoms with Crippen LogP contribution in [0.15, 0.2) is 176 Å². The molecule has 49 heavy (non-hydrogen) atoms. The van der Waals surface area contributed by atoms with Crippen molar-refractivity contribution < 1.29 is 0 Å². The smallest absolute Gasteiger partial charge is 0.168 e. The first-order chi connectivity index (χ1) is 24.3. The van der Waals surface area contributed by atoms with Crippen molar-refractivity contribution in [2.75, 3.05) is 0 Å². The van der Waals surface area contributed by atoms with Crippen molar-refractivity contribution >= 4 is 43.5 Å². The van der Waals surface area contributed by atoms with Crippen molar-refractivity contribution in [2.24, 2.45) is 0 Å². The zero-order chi connectivity index (χ0) is 32.3. The summed E-state index contributed by atoms with van der Waals surface area (Å²) in [5.74, 6) is 1.61. The van der Waals surface area contributed by atoms with E-state index < -0.39 is 0 Å². The second kappa shape index (κ2) is 10.9. The predicted molar refractivity (Wildman–Crippen MR) is 201 cm³/mol. The molecule has 3 heterocycles. The molecule has 0 unspecified atom stereocenters. The standard InChI is InChI=1S/C44H29N5/c1-4-12-30(13-5-1)43-45-46-44(31-14-6-2-7-15-31)49(43)35-23-21-34(22-24-35)48-41-19-11-10-18-36(41)39-28-32-20-25-40-37(38(32)29-42(39)48)26-27-47(40)33-16-8-3-9-17-33/h1-29H. The van der Waals surface area contributed by atoms with E-state index in [9.17, 15) is 0 Å². The van der Waals surface area contributed by atoms with Crippen LogP contribution in [-0.2, 0) is 0 Å². The zero-order valence-electron chi connectivity index (χ0n) is 26.5. The van der Waals surface area contributed by atoms with Crippen LogP contribution >= 0.6 is 0 Å². The van der Waals surface area contributed by atoms with Crippen molar-refractivity contribution in [2.45, 2.75) is 0 Å². The molecule has 0 fully saturated rings. The number of aromatic nitrogens is 5. The van der Waals surface area contributed by atoms with Gasteiger partial charge in [0, 0.05) is 50.5 Å². The van der Waals surface area contributed by atoms with Crippen molar-refractivity contribution in [1.29, 1.82) is 0 Å². The quantitative estimate of drug-likeness (QED) is 0.190. The van der Waals surface area contributed by atoms with E-state index >= 15 is 0 Å². The van der Waals surface area contributed by atoms with Gasteiger partial charge in [-0.15, -0.1) is 10.2 Å². The Kier molecular flexibility index (Phi) is 6.11. The van der Waals surface area contributed by atoms with E-state index in [4.69, 9.17) is 0 Å². The summed E-state index contributed by atoms with van der Waals surface area (Å²) in [5, 5.41) is 15.5. The maximum atomic E-state index is 4.67. The van der Waals surface area contributed by atoms with Crippen LogP contribution in [0.4, 0.5) is 0 Å². The molecule has 7 aromatic carbocycles. The third kappa shape index (κ3) is 4.33. The second-order valence-corrected chi connectivity index (χ2v) is 12.4. The fourth-order valence-electron chi connectivity index (χ4n) is 7.33. The average molecular weight is 628 g/mol. The zero-order valence-corrected chi connectivity index (χ0v) is 26.5. The predicted octanol–water partition coefficient (Wildman–Crippen LogP) is 10.8. The van der Waals surface area contributed by atoms with Crippen LogP contribution < -0.4 is 0 Å². The minimum absolute atomic E-state index is 0.807. The van der Waals surface area contributed by atoms with Crippen molar-refractivity contribution in [1.82, 2.24) is 23.9 Å². The monoisotopic (exact) mass is 627 g/mol. The lowest BCUT2D eigenvalue weighted by molar-refractivity contribution is 1.07. The molecule has 5 heteroatoms. The number of fused-ring (bicyclic) bond motifs is 6. The topological polar surface area (TPSA) is 40.6 Å². The van der Waals surface area contributed by atoms with Gasteiger partial charge in [0.15, 0.2) is 11.6 Å². The Labute approximate surface area is 282 Å². The van der Waals surface area contributed by atoms with E-state index in [0.29, 0.717) is 0 Å². The summed E-state index contributed by atoms with van der Waals surface area (Å²) in [6.45, 7) is 0. The lowest BCUT2D eigenvalue weighted by Crippen LogP contribution is -2.01.